The summed E-state index contributed by atoms with van der Waals surface area (Å²) in [6.07, 6.45) is -0.142. The maximum atomic E-state index is 13.9. The van der Waals surface area contributed by atoms with E-state index in [1.807, 2.05) is 0 Å². The molecule has 1 aliphatic carbocycles. The molecule has 1 aliphatic heterocycles. The first-order valence-corrected chi connectivity index (χ1v) is 11.4. The molecule has 36 heavy (non-hydrogen) atoms. The van der Waals surface area contributed by atoms with Crippen molar-refractivity contribution < 1.29 is 27.6 Å². The molecule has 3 aromatic heterocycles. The van der Waals surface area contributed by atoms with E-state index < -0.39 is 23.3 Å². The van der Waals surface area contributed by atoms with Crippen LogP contribution in [0.4, 0.5) is 13.2 Å². The van der Waals surface area contributed by atoms with Crippen LogP contribution in [-0.4, -0.2) is 42.9 Å². The number of hydrogen-bond acceptors (Lipinski definition) is 4. The van der Waals surface area contributed by atoms with E-state index in [9.17, 15) is 27.6 Å². The minimum atomic E-state index is -4.63. The number of allylic oxidation sites excluding steroid dienone is 2. The molecule has 1 amide bonds. The van der Waals surface area contributed by atoms with Gasteiger partial charge in [0.1, 0.15) is 5.65 Å². The van der Waals surface area contributed by atoms with Gasteiger partial charge >= 0.3 is 6.18 Å². The number of pyridine rings is 1. The van der Waals surface area contributed by atoms with Gasteiger partial charge in [-0.1, -0.05) is 6.07 Å². The fourth-order valence-electron chi connectivity index (χ4n) is 5.25. The molecule has 0 unspecified atom stereocenters. The maximum absolute atomic E-state index is 13.9. The van der Waals surface area contributed by atoms with Crippen molar-refractivity contribution in [1.29, 1.82) is 0 Å². The molecular weight excluding hydrogens is 473 g/mol. The van der Waals surface area contributed by atoms with Crippen molar-refractivity contribution in [3.8, 4) is 0 Å². The number of imidazole rings is 1. The first kappa shape index (κ1) is 22.3. The number of ketones is 2. The Hall–Kier alpha value is -4.21. The lowest BCUT2D eigenvalue weighted by Crippen LogP contribution is -2.29. The van der Waals surface area contributed by atoms with Gasteiger partial charge in [0.25, 0.3) is 0 Å². The van der Waals surface area contributed by atoms with Crippen LogP contribution < -0.4 is 0 Å². The highest BCUT2D eigenvalue weighted by atomic mass is 19.4. The molecule has 2 aliphatic rings. The number of hydrogen-bond donors (Lipinski definition) is 0. The quantitative estimate of drug-likeness (QED) is 0.395. The highest BCUT2D eigenvalue weighted by Crippen LogP contribution is 2.42. The average molecular weight is 492 g/mol. The van der Waals surface area contributed by atoms with Crippen LogP contribution in [0.5, 0.6) is 0 Å². The summed E-state index contributed by atoms with van der Waals surface area (Å²) in [7, 11) is 0. The van der Waals surface area contributed by atoms with Crippen LogP contribution in [-0.2, 0) is 33.6 Å². The van der Waals surface area contributed by atoms with Crippen molar-refractivity contribution in [2.45, 2.75) is 32.6 Å². The summed E-state index contributed by atoms with van der Waals surface area (Å²) in [5.74, 6) is -1.08. The second-order valence-electron chi connectivity index (χ2n) is 9.05. The summed E-state index contributed by atoms with van der Waals surface area (Å²) in [5, 5.41) is 0.231. The van der Waals surface area contributed by atoms with E-state index in [-0.39, 0.29) is 41.0 Å². The van der Waals surface area contributed by atoms with Crippen molar-refractivity contribution in [2.75, 3.05) is 6.54 Å². The lowest BCUT2D eigenvalue weighted by Gasteiger charge is -2.19. The van der Waals surface area contributed by atoms with Crippen LogP contribution in [0.1, 0.15) is 35.7 Å². The van der Waals surface area contributed by atoms with E-state index in [0.29, 0.717) is 35.5 Å². The van der Waals surface area contributed by atoms with Gasteiger partial charge in [0.2, 0.25) is 5.91 Å². The van der Waals surface area contributed by atoms with Crippen molar-refractivity contribution in [2.24, 2.45) is 0 Å². The Kier molecular flexibility index (Phi) is 4.73. The molecule has 6 rings (SSSR count). The molecule has 0 fully saturated rings. The van der Waals surface area contributed by atoms with Gasteiger partial charge < -0.3 is 9.47 Å². The summed E-state index contributed by atoms with van der Waals surface area (Å²) >= 11 is 0. The van der Waals surface area contributed by atoms with E-state index in [1.165, 1.54) is 18.0 Å². The summed E-state index contributed by atoms with van der Waals surface area (Å²) in [6, 6.07) is 7.40. The Bertz CT molecular complexity index is 1660. The molecule has 0 atom stereocenters. The number of carbonyl (C=O) groups is 3. The monoisotopic (exact) mass is 492 g/mol. The summed E-state index contributed by atoms with van der Waals surface area (Å²) in [4.78, 5) is 44.1. The number of aromatic nitrogens is 3. The van der Waals surface area contributed by atoms with Crippen LogP contribution in [0.2, 0.25) is 0 Å². The molecule has 0 N–H and O–H groups in total. The minimum Gasteiger partial charge on any atom is -0.345 e. The molecular formula is C26H19F3N4O3. The van der Waals surface area contributed by atoms with E-state index in [0.717, 1.165) is 12.1 Å². The Labute approximate surface area is 202 Å². The number of alkyl halides is 3. The standard InChI is InChI=1S/C26H19F3N4O3/c1-14(34)31-6-7-32-13-18(17-9-16(26(27,28)29)8-15(12-31)25(17)32)23-20(35)10-21(36)24(23)19-11-30-22-4-2-3-5-33(19)22/h2-5,8-9,11,13H,6-7,10,12H2,1H3. The Morgan fingerprint density at radius 2 is 1.83 bits per heavy atom. The topological polar surface area (TPSA) is 76.7 Å². The fraction of sp³-hybridized carbons (Fsp3) is 0.231. The average Bonchev–Trinajstić information content (AvgIpc) is 3.43. The Balaban J connectivity index is 1.67. The predicted octanol–water partition coefficient (Wildman–Crippen LogP) is 4.12. The molecule has 1 aromatic carbocycles. The number of nitrogens with zero attached hydrogens (tertiary/aromatic N) is 4. The Morgan fingerprint density at radius 3 is 2.58 bits per heavy atom. The van der Waals surface area contributed by atoms with Gasteiger partial charge in [-0.2, -0.15) is 13.2 Å². The lowest BCUT2D eigenvalue weighted by molar-refractivity contribution is -0.137. The van der Waals surface area contributed by atoms with Crippen LogP contribution in [0, 0.1) is 0 Å². The maximum Gasteiger partial charge on any atom is 0.416 e. The molecule has 0 bridgehead atoms. The normalized spacial score (nSPS) is 16.5. The fourth-order valence-corrected chi connectivity index (χ4v) is 5.25. The zero-order chi connectivity index (χ0) is 25.4. The van der Waals surface area contributed by atoms with E-state index >= 15 is 0 Å². The largest absolute Gasteiger partial charge is 0.416 e. The van der Waals surface area contributed by atoms with Gasteiger partial charge in [0, 0.05) is 55.5 Å². The van der Waals surface area contributed by atoms with Crippen LogP contribution >= 0.6 is 0 Å². The second-order valence-corrected chi connectivity index (χ2v) is 9.05. The first-order chi connectivity index (χ1) is 17.1. The summed E-state index contributed by atoms with van der Waals surface area (Å²) in [6.45, 7) is 2.05. The van der Waals surface area contributed by atoms with E-state index in [1.54, 1.807) is 39.6 Å². The third-order valence-corrected chi connectivity index (χ3v) is 6.87. The number of benzene rings is 1. The summed E-state index contributed by atoms with van der Waals surface area (Å²) < 4.78 is 45.2. The molecule has 0 radical (unpaired) electrons. The van der Waals surface area contributed by atoms with Gasteiger partial charge in [0.05, 0.1) is 35.0 Å². The molecule has 0 saturated heterocycles. The molecule has 10 heteroatoms. The smallest absolute Gasteiger partial charge is 0.345 e. The highest BCUT2D eigenvalue weighted by molar-refractivity contribution is 6.51. The number of rotatable bonds is 2. The number of fused-ring (bicyclic) bond motifs is 1. The molecule has 0 spiro atoms. The molecule has 4 aromatic rings. The third-order valence-electron chi connectivity index (χ3n) is 6.87. The lowest BCUT2D eigenvalue weighted by atomic mass is 9.96. The van der Waals surface area contributed by atoms with Gasteiger partial charge in [-0.15, -0.1) is 0 Å². The zero-order valence-corrected chi connectivity index (χ0v) is 19.1. The summed E-state index contributed by atoms with van der Waals surface area (Å²) in [5.41, 5.74) is 1.52. The van der Waals surface area contributed by atoms with Crippen LogP contribution in [0.25, 0.3) is 27.7 Å². The molecule has 182 valence electrons. The second kappa shape index (κ2) is 7.64. The van der Waals surface area contributed by atoms with Crippen molar-refractivity contribution in [3.05, 3.63) is 71.3 Å². The molecule has 7 nitrogen and oxygen atoms in total. The number of amides is 1. The molecule has 4 heterocycles. The van der Waals surface area contributed by atoms with Gasteiger partial charge in [-0.3, -0.25) is 18.8 Å². The SMILES string of the molecule is CC(=O)N1CCn2cc(C3=C(c4cnc5ccccn45)C(=O)CC3=O)c3cc(C(F)(F)F)cc(c32)C1. The van der Waals surface area contributed by atoms with Crippen LogP contribution in [0.3, 0.4) is 0 Å². The van der Waals surface area contributed by atoms with E-state index in [4.69, 9.17) is 0 Å². The number of Topliss-reactive ketones (excluding diaryl/α,β-unsaturated/α-hetero) is 2. The number of carbonyl (C=O) groups excluding carboxylic acids is 3. The van der Waals surface area contributed by atoms with Crippen LogP contribution in [0.15, 0.2) is 48.9 Å². The minimum absolute atomic E-state index is 0.0191. The molecule has 0 saturated carbocycles. The van der Waals surface area contributed by atoms with E-state index in [2.05, 4.69) is 4.98 Å². The van der Waals surface area contributed by atoms with Gasteiger partial charge in [0.15, 0.2) is 11.6 Å². The zero-order valence-electron chi connectivity index (χ0n) is 19.1. The van der Waals surface area contributed by atoms with Crippen molar-refractivity contribution >= 4 is 45.2 Å². The van der Waals surface area contributed by atoms with Gasteiger partial charge in [-0.05, 0) is 29.8 Å². The number of halogens is 3. The highest BCUT2D eigenvalue weighted by Gasteiger charge is 2.38. The Morgan fingerprint density at radius 1 is 1.06 bits per heavy atom. The first-order valence-electron chi connectivity index (χ1n) is 11.4. The van der Waals surface area contributed by atoms with Crippen molar-refractivity contribution in [3.63, 3.8) is 0 Å². The third kappa shape index (κ3) is 3.28. The predicted molar refractivity (Wildman–Crippen MR) is 125 cm³/mol. The van der Waals surface area contributed by atoms with Gasteiger partial charge in [-0.25, -0.2) is 4.98 Å². The van der Waals surface area contributed by atoms with Crippen molar-refractivity contribution in [1.82, 2.24) is 18.9 Å².